The largest absolute Gasteiger partial charge is 0.744 e. The highest BCUT2D eigenvalue weighted by molar-refractivity contribution is 7.85. The monoisotopic (exact) mass is 349 g/mol. The summed E-state index contributed by atoms with van der Waals surface area (Å²) in [4.78, 5) is 10.5. The maximum Gasteiger partial charge on any atom is 0.169 e. The molecule has 1 aromatic heterocycles. The van der Waals surface area contributed by atoms with Gasteiger partial charge < -0.3 is 9.66 Å². The Kier molecular flexibility index (Phi) is 6.82. The lowest BCUT2D eigenvalue weighted by Gasteiger charge is -2.09. The van der Waals surface area contributed by atoms with Crippen molar-refractivity contribution in [2.75, 3.05) is 0 Å². The second kappa shape index (κ2) is 8.37. The molecule has 0 aliphatic rings. The van der Waals surface area contributed by atoms with Gasteiger partial charge in [0.05, 0.1) is 4.90 Å². The number of hydrogen-bond acceptors (Lipinski definition) is 5. The number of aromatic nitrogens is 1. The number of carbonyl (C=O) groups is 1. The lowest BCUT2D eigenvalue weighted by atomic mass is 10.2. The lowest BCUT2D eigenvalue weighted by Crippen LogP contribution is -2.31. The number of rotatable bonds is 4. The van der Waals surface area contributed by atoms with Gasteiger partial charge in [-0.3, -0.25) is 4.79 Å². The summed E-state index contributed by atoms with van der Waals surface area (Å²) in [5, 5.41) is 8.90. The van der Waals surface area contributed by atoms with Crippen LogP contribution in [0.3, 0.4) is 0 Å². The van der Waals surface area contributed by atoms with Gasteiger partial charge in [0, 0.05) is 17.7 Å². The molecule has 2 rings (SSSR count). The Morgan fingerprint density at radius 3 is 2.29 bits per heavy atom. The summed E-state index contributed by atoms with van der Waals surface area (Å²) in [7, 11) is -4.47. The van der Waals surface area contributed by atoms with E-state index < -0.39 is 10.1 Å². The zero-order valence-corrected chi connectivity index (χ0v) is 14.3. The topological polar surface area (TPSA) is 98.4 Å². The van der Waals surface area contributed by atoms with Crippen molar-refractivity contribution in [3.05, 3.63) is 66.5 Å². The Morgan fingerprint density at radius 1 is 1.29 bits per heavy atom. The van der Waals surface area contributed by atoms with Gasteiger partial charge in [-0.05, 0) is 37.6 Å². The number of allylic oxidation sites excluding steroid dienone is 1. The quantitative estimate of drug-likeness (QED) is 0.394. The predicted octanol–water partition coefficient (Wildman–Crippen LogP) is 1.97. The molecule has 7 heteroatoms. The number of nitrogens with zero attached hydrogens (tertiary/aromatic N) is 1. The number of ketones is 1. The highest BCUT2D eigenvalue weighted by atomic mass is 32.2. The first kappa shape index (κ1) is 19.5. The third-order valence-electron chi connectivity index (χ3n) is 3.08. The van der Waals surface area contributed by atoms with E-state index in [-0.39, 0.29) is 16.4 Å². The first-order chi connectivity index (χ1) is 11.1. The normalized spacial score (nSPS) is 10.5. The van der Waals surface area contributed by atoms with Gasteiger partial charge in [0.2, 0.25) is 0 Å². The summed E-state index contributed by atoms with van der Waals surface area (Å²) < 4.78 is 33.6. The standard InChI is InChI=1S/C10H12NO.C7H8O4S/c1-3-6-11-7-4-10(5-8-11)9(2)12;1-5-2-3-6(8)4-7(5)12(9,10)11/h3-5,7-8H,1,6H2,2H3;2-4,8H,1H3,(H,9,10,11)/q+1;/p-1. The van der Waals surface area contributed by atoms with Crippen LogP contribution in [-0.4, -0.2) is 23.9 Å². The van der Waals surface area contributed by atoms with Crippen molar-refractivity contribution >= 4 is 15.9 Å². The van der Waals surface area contributed by atoms with Crippen LogP contribution in [0.25, 0.3) is 0 Å². The molecule has 0 bridgehead atoms. The number of phenols is 1. The third kappa shape index (κ3) is 5.94. The molecule has 1 aromatic carbocycles. The summed E-state index contributed by atoms with van der Waals surface area (Å²) in [6.07, 6.45) is 5.56. The molecule has 0 spiro atoms. The molecule has 6 nitrogen and oxygen atoms in total. The summed E-state index contributed by atoms with van der Waals surface area (Å²) in [5.74, 6) is -0.129. The molecule has 0 unspecified atom stereocenters. The minimum atomic E-state index is -4.47. The van der Waals surface area contributed by atoms with E-state index in [0.29, 0.717) is 5.56 Å². The van der Waals surface area contributed by atoms with E-state index in [4.69, 9.17) is 5.11 Å². The van der Waals surface area contributed by atoms with Crippen LogP contribution >= 0.6 is 0 Å². The van der Waals surface area contributed by atoms with E-state index in [0.717, 1.165) is 18.2 Å². The Bertz CT molecular complexity index is 827. The van der Waals surface area contributed by atoms with Gasteiger partial charge >= 0.3 is 0 Å². The molecular weight excluding hydrogens is 330 g/mol. The van der Waals surface area contributed by atoms with E-state index in [1.54, 1.807) is 6.92 Å². The van der Waals surface area contributed by atoms with Gasteiger partial charge in [0.1, 0.15) is 15.9 Å². The average molecular weight is 349 g/mol. The minimum Gasteiger partial charge on any atom is -0.744 e. The third-order valence-corrected chi connectivity index (χ3v) is 4.06. The van der Waals surface area contributed by atoms with Crippen LogP contribution < -0.4 is 4.57 Å². The number of pyridine rings is 1. The summed E-state index contributed by atoms with van der Waals surface area (Å²) in [5.41, 5.74) is 1.08. The number of Topliss-reactive ketones (excluding diaryl/α,β-unsaturated/α-hetero) is 1. The fourth-order valence-electron chi connectivity index (χ4n) is 1.82. The van der Waals surface area contributed by atoms with E-state index in [9.17, 15) is 17.8 Å². The van der Waals surface area contributed by atoms with Crippen LogP contribution in [0.15, 0.2) is 60.3 Å². The highest BCUT2D eigenvalue weighted by Crippen LogP contribution is 2.19. The Morgan fingerprint density at radius 2 is 1.88 bits per heavy atom. The summed E-state index contributed by atoms with van der Waals surface area (Å²) in [6.45, 7) is 7.45. The lowest BCUT2D eigenvalue weighted by molar-refractivity contribution is -0.687. The number of phenolic OH excluding ortho intramolecular Hbond substituents is 1. The summed E-state index contributed by atoms with van der Waals surface area (Å²) in [6, 6.07) is 7.26. The number of hydrogen-bond donors (Lipinski definition) is 1. The average Bonchev–Trinajstić information content (AvgIpc) is 2.50. The minimum absolute atomic E-state index is 0.0979. The van der Waals surface area contributed by atoms with Crippen molar-refractivity contribution in [1.82, 2.24) is 0 Å². The van der Waals surface area contributed by atoms with Crippen LogP contribution in [0.2, 0.25) is 0 Å². The van der Waals surface area contributed by atoms with Gasteiger partial charge in [-0.1, -0.05) is 12.6 Å². The Labute approximate surface area is 141 Å². The first-order valence-electron chi connectivity index (χ1n) is 7.01. The maximum atomic E-state index is 10.9. The second-order valence-electron chi connectivity index (χ2n) is 5.03. The number of aryl methyl sites for hydroxylation is 1. The molecule has 0 atom stereocenters. The zero-order chi connectivity index (χ0) is 18.3. The number of carbonyl (C=O) groups excluding carboxylic acids is 1. The fourth-order valence-corrected chi connectivity index (χ4v) is 2.55. The molecule has 0 saturated carbocycles. The molecule has 0 aliphatic carbocycles. The van der Waals surface area contributed by atoms with Crippen LogP contribution in [0.4, 0.5) is 0 Å². The molecule has 1 N–H and O–H groups in total. The van der Waals surface area contributed by atoms with Crippen molar-refractivity contribution in [2.24, 2.45) is 0 Å². The van der Waals surface area contributed by atoms with Crippen LogP contribution in [0, 0.1) is 6.92 Å². The van der Waals surface area contributed by atoms with E-state index >= 15 is 0 Å². The fraction of sp³-hybridized carbons (Fsp3) is 0.176. The Hall–Kier alpha value is -2.51. The smallest absolute Gasteiger partial charge is 0.169 e. The van der Waals surface area contributed by atoms with Gasteiger partial charge in [0.15, 0.2) is 24.7 Å². The van der Waals surface area contributed by atoms with Gasteiger partial charge in [-0.25, -0.2) is 13.0 Å². The SMILES string of the molecule is C=CC[n+]1ccc(C(C)=O)cc1.Cc1ccc(O)cc1S(=O)(=O)[O-]. The van der Waals surface area contributed by atoms with E-state index in [1.807, 2.05) is 35.2 Å². The molecule has 0 radical (unpaired) electrons. The molecule has 2 aromatic rings. The zero-order valence-electron chi connectivity index (χ0n) is 13.5. The van der Waals surface area contributed by atoms with E-state index in [1.165, 1.54) is 19.1 Å². The molecule has 0 amide bonds. The van der Waals surface area contributed by atoms with Crippen LogP contribution in [-0.2, 0) is 16.7 Å². The molecule has 128 valence electrons. The number of benzene rings is 1. The molecule has 0 fully saturated rings. The van der Waals surface area contributed by atoms with Crippen molar-refractivity contribution in [1.29, 1.82) is 0 Å². The Balaban J connectivity index is 0.000000240. The second-order valence-corrected chi connectivity index (χ2v) is 6.38. The molecule has 24 heavy (non-hydrogen) atoms. The maximum absolute atomic E-state index is 10.9. The molecule has 1 heterocycles. The highest BCUT2D eigenvalue weighted by Gasteiger charge is 2.05. The number of aromatic hydroxyl groups is 1. The molecular formula is C17H19NO5S. The van der Waals surface area contributed by atoms with Crippen molar-refractivity contribution in [3.63, 3.8) is 0 Å². The van der Waals surface area contributed by atoms with E-state index in [2.05, 4.69) is 6.58 Å². The van der Waals surface area contributed by atoms with Crippen molar-refractivity contribution in [2.45, 2.75) is 25.3 Å². The van der Waals surface area contributed by atoms with Gasteiger partial charge in [-0.15, -0.1) is 0 Å². The van der Waals surface area contributed by atoms with Crippen molar-refractivity contribution in [3.8, 4) is 5.75 Å². The van der Waals surface area contributed by atoms with Crippen LogP contribution in [0.1, 0.15) is 22.8 Å². The molecule has 0 saturated heterocycles. The summed E-state index contributed by atoms with van der Waals surface area (Å²) >= 11 is 0. The molecule has 0 aliphatic heterocycles. The predicted molar refractivity (Wildman–Crippen MR) is 87.6 cm³/mol. The van der Waals surface area contributed by atoms with Crippen LogP contribution in [0.5, 0.6) is 5.75 Å². The van der Waals surface area contributed by atoms with Gasteiger partial charge in [0.25, 0.3) is 0 Å². The first-order valence-corrected chi connectivity index (χ1v) is 8.42. The van der Waals surface area contributed by atoms with Gasteiger partial charge in [-0.2, -0.15) is 0 Å². The van der Waals surface area contributed by atoms with Crippen molar-refractivity contribution < 1.29 is 27.4 Å².